The summed E-state index contributed by atoms with van der Waals surface area (Å²) in [7, 11) is 0. The number of carboxylic acids is 1. The van der Waals surface area contributed by atoms with Gasteiger partial charge >= 0.3 is 5.97 Å². The fourth-order valence-electron chi connectivity index (χ4n) is 6.97. The van der Waals surface area contributed by atoms with Crippen molar-refractivity contribution >= 4 is 53.3 Å². The van der Waals surface area contributed by atoms with Crippen molar-refractivity contribution in [3.05, 3.63) is 72.3 Å². The highest BCUT2D eigenvalue weighted by Gasteiger charge is 2.33. The first-order chi connectivity index (χ1) is 34.0. The number of guanidine groups is 1. The lowest BCUT2D eigenvalue weighted by atomic mass is 10.0. The predicted octanol–water partition coefficient (Wildman–Crippen LogP) is -5.10. The molecule has 2 heterocycles. The minimum absolute atomic E-state index is 0.0486. The molecule has 7 atom stereocenters. The van der Waals surface area contributed by atoms with Crippen LogP contribution in [0.5, 0.6) is 0 Å². The number of aliphatic hydroxyl groups is 1. The molecule has 71 heavy (non-hydrogen) atoms. The molecule has 0 aliphatic heterocycles. The first-order valence-corrected chi connectivity index (χ1v) is 23.2. The number of carboxylic acid groups (broad SMARTS) is 1. The number of H-pyrrole nitrogens is 2. The maximum Gasteiger partial charge on any atom is 0.326 e. The van der Waals surface area contributed by atoms with Gasteiger partial charge in [0.15, 0.2) is 5.96 Å². The molecule has 0 aliphatic carbocycles. The Hall–Kier alpha value is -7.49. The molecular formula is C44H69N17O10. The van der Waals surface area contributed by atoms with Gasteiger partial charge in [-0.1, -0.05) is 36.8 Å². The maximum atomic E-state index is 14.3. The molecule has 0 spiro atoms. The van der Waals surface area contributed by atoms with Gasteiger partial charge in [0.2, 0.25) is 41.4 Å². The fourth-order valence-corrected chi connectivity index (χ4v) is 6.97. The number of hydrogen-bond acceptors (Lipinski definition) is 15. The van der Waals surface area contributed by atoms with E-state index < -0.39 is 103 Å². The van der Waals surface area contributed by atoms with E-state index in [2.05, 4.69) is 62.1 Å². The van der Waals surface area contributed by atoms with Gasteiger partial charge in [-0.3, -0.25) is 38.6 Å². The van der Waals surface area contributed by atoms with Crippen molar-refractivity contribution in [1.82, 2.24) is 57.2 Å². The molecule has 27 nitrogen and oxygen atoms in total. The van der Waals surface area contributed by atoms with E-state index in [9.17, 15) is 48.6 Å². The second kappa shape index (κ2) is 31.6. The van der Waals surface area contributed by atoms with E-state index in [4.69, 9.17) is 28.7 Å². The molecule has 1 aromatic carbocycles. The Balaban J connectivity index is 1.80. The number of imidazole rings is 2. The van der Waals surface area contributed by atoms with Gasteiger partial charge in [-0.15, -0.1) is 0 Å². The largest absolute Gasteiger partial charge is 0.480 e. The number of carbonyl (C=O) groups excluding carboxylic acids is 7. The summed E-state index contributed by atoms with van der Waals surface area (Å²) in [5.41, 5.74) is 29.3. The number of nitrogens with zero attached hydrogens (tertiary/aromatic N) is 3. The molecule has 0 fully saturated rings. The highest BCUT2D eigenvalue weighted by Crippen LogP contribution is 2.10. The number of aliphatic carboxylic acids is 1. The van der Waals surface area contributed by atoms with Crippen LogP contribution in [0.2, 0.25) is 0 Å². The first-order valence-electron chi connectivity index (χ1n) is 23.2. The van der Waals surface area contributed by atoms with Crippen LogP contribution in [0.25, 0.3) is 0 Å². The quantitative estimate of drug-likeness (QED) is 0.0151. The molecular weight excluding hydrogens is 927 g/mol. The van der Waals surface area contributed by atoms with Crippen molar-refractivity contribution in [3.63, 3.8) is 0 Å². The molecule has 0 unspecified atom stereocenters. The average Bonchev–Trinajstić information content (AvgIpc) is 4.07. The first kappa shape index (κ1) is 57.8. The Labute approximate surface area is 409 Å². The topological polar surface area (TPSA) is 461 Å². The lowest BCUT2D eigenvalue weighted by Crippen LogP contribution is -2.59. The fraction of sp³-hybridized carbons (Fsp3) is 0.523. The Morgan fingerprint density at radius 1 is 0.592 bits per heavy atom. The van der Waals surface area contributed by atoms with Crippen LogP contribution in [0, 0.1) is 0 Å². The molecule has 3 rings (SSSR count). The van der Waals surface area contributed by atoms with Gasteiger partial charge in [0.25, 0.3) is 0 Å². The summed E-state index contributed by atoms with van der Waals surface area (Å²) in [4.78, 5) is 125. The van der Waals surface area contributed by atoms with Crippen LogP contribution in [-0.2, 0) is 57.6 Å². The van der Waals surface area contributed by atoms with Gasteiger partial charge in [0.1, 0.15) is 36.3 Å². The average molecular weight is 996 g/mol. The van der Waals surface area contributed by atoms with Gasteiger partial charge < -0.3 is 86.1 Å². The second-order valence-corrected chi connectivity index (χ2v) is 16.5. The third-order valence-corrected chi connectivity index (χ3v) is 10.8. The van der Waals surface area contributed by atoms with Crippen molar-refractivity contribution in [2.24, 2.45) is 33.7 Å². The summed E-state index contributed by atoms with van der Waals surface area (Å²) in [6.45, 7) is -0.691. The summed E-state index contributed by atoms with van der Waals surface area (Å²) in [5.74, 6) is -7.27. The molecule has 7 amide bonds. The van der Waals surface area contributed by atoms with Gasteiger partial charge in [0.05, 0.1) is 31.8 Å². The van der Waals surface area contributed by atoms with Crippen molar-refractivity contribution in [2.75, 3.05) is 32.8 Å². The van der Waals surface area contributed by atoms with Crippen LogP contribution in [0.4, 0.5) is 0 Å². The van der Waals surface area contributed by atoms with Crippen molar-refractivity contribution in [1.29, 1.82) is 0 Å². The highest BCUT2D eigenvalue weighted by molar-refractivity contribution is 5.97. The van der Waals surface area contributed by atoms with Gasteiger partial charge in [-0.2, -0.15) is 0 Å². The predicted molar refractivity (Wildman–Crippen MR) is 258 cm³/mol. The van der Waals surface area contributed by atoms with E-state index in [1.54, 1.807) is 30.3 Å². The number of rotatable bonds is 34. The molecule has 21 N–H and O–H groups in total. The molecule has 0 saturated carbocycles. The molecule has 2 aromatic heterocycles. The van der Waals surface area contributed by atoms with E-state index >= 15 is 0 Å². The standard InChI is InChI=1S/C44H69N17O10/c45-14-6-4-11-29(47)37(64)61-35(23-62)42(69)57-30(12-5-7-15-46)38(65)53-22-36(63)56-33(18-27-20-50-24-54-27)40(67)59-32(17-26-9-2-1-3-10-26)39(66)60-34(19-28-21-51-25-55-28)41(68)58-31(43(70)71)13-8-16-52-44(48)49/h1-3,9-10,20-21,24-25,29-35,62H,4-8,11-19,22-23,45-47H2,(H,50,54)(H,51,55)(H,53,65)(H,56,63)(H,57,69)(H,58,68)(H,59,67)(H,60,66)(H,61,64)(H,70,71)(H4,48,49,52)/t29-,30-,31-,32-,33-,34-,35-/m0/s1. The van der Waals surface area contributed by atoms with E-state index in [0.29, 0.717) is 55.6 Å². The lowest BCUT2D eigenvalue weighted by molar-refractivity contribution is -0.142. The van der Waals surface area contributed by atoms with E-state index in [1.807, 2.05) is 0 Å². The van der Waals surface area contributed by atoms with E-state index in [-0.39, 0.29) is 57.6 Å². The molecule has 0 saturated heterocycles. The monoisotopic (exact) mass is 996 g/mol. The van der Waals surface area contributed by atoms with Gasteiger partial charge in [-0.05, 0) is 63.6 Å². The molecule has 3 aromatic rings. The van der Waals surface area contributed by atoms with Gasteiger partial charge in [-0.25, -0.2) is 14.8 Å². The Kier molecular flexibility index (Phi) is 25.7. The number of amides is 7. The minimum Gasteiger partial charge on any atom is -0.480 e. The summed E-state index contributed by atoms with van der Waals surface area (Å²) < 4.78 is 0. The zero-order valence-electron chi connectivity index (χ0n) is 39.4. The van der Waals surface area contributed by atoms with Crippen LogP contribution >= 0.6 is 0 Å². The third-order valence-electron chi connectivity index (χ3n) is 10.8. The number of aliphatic hydroxyl groups excluding tert-OH is 1. The van der Waals surface area contributed by atoms with Crippen molar-refractivity contribution < 1.29 is 48.6 Å². The molecule has 390 valence electrons. The van der Waals surface area contributed by atoms with Crippen molar-refractivity contribution in [3.8, 4) is 0 Å². The normalized spacial score (nSPS) is 13.9. The van der Waals surface area contributed by atoms with Crippen LogP contribution in [0.3, 0.4) is 0 Å². The second-order valence-electron chi connectivity index (χ2n) is 16.5. The number of aromatic nitrogens is 4. The molecule has 27 heteroatoms. The maximum absolute atomic E-state index is 14.3. The van der Waals surface area contributed by atoms with Crippen LogP contribution in [-0.4, -0.2) is 159 Å². The Bertz CT molecular complexity index is 2160. The number of nitrogens with one attached hydrogen (secondary N) is 9. The van der Waals surface area contributed by atoms with Gasteiger partial charge in [0, 0.05) is 49.6 Å². The number of unbranched alkanes of at least 4 members (excludes halogenated alkanes) is 2. The Morgan fingerprint density at radius 2 is 1.08 bits per heavy atom. The number of hydrogen-bond donors (Lipinski definition) is 16. The smallest absolute Gasteiger partial charge is 0.326 e. The SMILES string of the molecule is NCCCC[C@H](NC(=O)[C@H](CO)NC(=O)[C@@H](N)CCCCN)C(=O)NCC(=O)N[C@@H](Cc1cnc[nH]1)C(=O)N[C@@H](Cc1ccccc1)C(=O)N[C@@H](Cc1cnc[nH]1)C(=O)N[C@@H](CCCN=C(N)N)C(=O)O. The minimum atomic E-state index is -1.45. The summed E-state index contributed by atoms with van der Waals surface area (Å²) in [6, 6.07) is -0.586. The van der Waals surface area contributed by atoms with Crippen LogP contribution < -0.4 is 65.9 Å². The number of carbonyl (C=O) groups is 8. The lowest BCUT2D eigenvalue weighted by Gasteiger charge is -2.26. The number of aromatic amines is 2. The van der Waals surface area contributed by atoms with E-state index in [0.717, 1.165) is 0 Å². The third kappa shape index (κ3) is 21.8. The molecule has 0 bridgehead atoms. The van der Waals surface area contributed by atoms with Crippen molar-refractivity contribution in [2.45, 2.75) is 113 Å². The Morgan fingerprint density at radius 3 is 1.61 bits per heavy atom. The summed E-state index contributed by atoms with van der Waals surface area (Å²) in [5, 5.41) is 37.6. The molecule has 0 radical (unpaired) electrons. The highest BCUT2D eigenvalue weighted by atomic mass is 16.4. The number of aliphatic imine (C=N–C) groups is 1. The zero-order valence-corrected chi connectivity index (χ0v) is 39.4. The summed E-state index contributed by atoms with van der Waals surface area (Å²) >= 11 is 0. The van der Waals surface area contributed by atoms with E-state index in [1.165, 1.54) is 25.0 Å². The van der Waals surface area contributed by atoms with Crippen LogP contribution in [0.1, 0.15) is 68.3 Å². The number of benzene rings is 1. The zero-order chi connectivity index (χ0) is 52.1. The van der Waals surface area contributed by atoms with Crippen LogP contribution in [0.15, 0.2) is 60.4 Å². The summed E-state index contributed by atoms with van der Waals surface area (Å²) in [6.07, 6.45) is 7.71. The number of nitrogens with two attached hydrogens (primary N) is 5. The molecule has 0 aliphatic rings.